The molecular weight excluding hydrogens is 331 g/mol. The average Bonchev–Trinajstić information content (AvgIpc) is 2.85. The molecule has 1 aromatic heterocycles. The summed E-state index contributed by atoms with van der Waals surface area (Å²) < 4.78 is 9.67. The summed E-state index contributed by atoms with van der Waals surface area (Å²) in [6.45, 7) is 1.27. The van der Waals surface area contributed by atoms with Gasteiger partial charge in [0.05, 0.1) is 6.42 Å². The van der Waals surface area contributed by atoms with E-state index in [1.54, 1.807) is 25.1 Å². The first-order valence-corrected chi connectivity index (χ1v) is 7.02. The Balaban J connectivity index is 1.81. The number of halogens is 2. The number of ether oxygens (including phenoxy) is 1. The summed E-state index contributed by atoms with van der Waals surface area (Å²) in [5.41, 5.74) is 0.573. The van der Waals surface area contributed by atoms with E-state index < -0.39 is 18.5 Å². The summed E-state index contributed by atoms with van der Waals surface area (Å²) in [7, 11) is 0. The summed E-state index contributed by atoms with van der Waals surface area (Å²) in [6, 6.07) is 6.33. The smallest absolute Gasteiger partial charge is 0.310 e. The Morgan fingerprint density at radius 3 is 2.73 bits per heavy atom. The van der Waals surface area contributed by atoms with Crippen molar-refractivity contribution in [1.29, 1.82) is 0 Å². The predicted molar refractivity (Wildman–Crippen MR) is 81.0 cm³/mol. The van der Waals surface area contributed by atoms with Crippen molar-refractivity contribution in [2.24, 2.45) is 0 Å². The van der Waals surface area contributed by atoms with Crippen LogP contribution in [0.3, 0.4) is 0 Å². The number of anilines is 1. The molecule has 2 aromatic rings. The van der Waals surface area contributed by atoms with Gasteiger partial charge in [-0.25, -0.2) is 0 Å². The minimum absolute atomic E-state index is 0.0493. The Morgan fingerprint density at radius 2 is 2.09 bits per heavy atom. The van der Waals surface area contributed by atoms with E-state index in [0.717, 1.165) is 0 Å². The summed E-state index contributed by atoms with van der Waals surface area (Å²) in [5, 5.41) is 6.87. The second-order valence-corrected chi connectivity index (χ2v) is 5.29. The second-order valence-electron chi connectivity index (χ2n) is 4.44. The number of aromatic nitrogens is 1. The first kappa shape index (κ1) is 16.3. The minimum Gasteiger partial charge on any atom is -0.455 e. The van der Waals surface area contributed by atoms with Gasteiger partial charge < -0.3 is 14.6 Å². The molecule has 116 valence electrons. The zero-order valence-corrected chi connectivity index (χ0v) is 13.1. The molecule has 0 bridgehead atoms. The number of aryl methyl sites for hydroxylation is 1. The SMILES string of the molecule is Cc1cc(NC(=O)COC(=O)Cc2ccc(Cl)cc2Cl)no1. The van der Waals surface area contributed by atoms with Crippen molar-refractivity contribution in [3.8, 4) is 0 Å². The first-order valence-electron chi connectivity index (χ1n) is 6.27. The van der Waals surface area contributed by atoms with E-state index in [1.807, 2.05) is 0 Å². The van der Waals surface area contributed by atoms with E-state index in [1.165, 1.54) is 6.07 Å². The molecule has 0 saturated heterocycles. The van der Waals surface area contributed by atoms with Crippen LogP contribution in [0.4, 0.5) is 5.82 Å². The molecule has 1 N–H and O–H groups in total. The highest BCUT2D eigenvalue weighted by molar-refractivity contribution is 6.35. The minimum atomic E-state index is -0.573. The van der Waals surface area contributed by atoms with Crippen molar-refractivity contribution in [3.05, 3.63) is 45.6 Å². The monoisotopic (exact) mass is 342 g/mol. The van der Waals surface area contributed by atoms with E-state index in [2.05, 4.69) is 10.5 Å². The quantitative estimate of drug-likeness (QED) is 0.844. The highest BCUT2D eigenvalue weighted by Gasteiger charge is 2.12. The van der Waals surface area contributed by atoms with Gasteiger partial charge in [0.2, 0.25) is 0 Å². The lowest BCUT2D eigenvalue weighted by Crippen LogP contribution is -2.21. The van der Waals surface area contributed by atoms with Gasteiger partial charge in [-0.05, 0) is 24.6 Å². The predicted octanol–water partition coefficient (Wildman–Crippen LogP) is 3.01. The molecule has 22 heavy (non-hydrogen) atoms. The Kier molecular flexibility index (Phi) is 5.41. The lowest BCUT2D eigenvalue weighted by molar-refractivity contribution is -0.146. The van der Waals surface area contributed by atoms with Gasteiger partial charge >= 0.3 is 5.97 Å². The molecule has 0 atom stereocenters. The topological polar surface area (TPSA) is 81.4 Å². The number of nitrogens with one attached hydrogen (secondary N) is 1. The number of rotatable bonds is 5. The molecule has 1 amide bonds. The highest BCUT2D eigenvalue weighted by Crippen LogP contribution is 2.21. The zero-order valence-electron chi connectivity index (χ0n) is 11.6. The number of nitrogens with zero attached hydrogens (tertiary/aromatic N) is 1. The van der Waals surface area contributed by atoms with Crippen LogP contribution in [0.15, 0.2) is 28.8 Å². The number of esters is 1. The number of hydrogen-bond donors (Lipinski definition) is 1. The molecule has 0 fully saturated rings. The summed E-state index contributed by atoms with van der Waals surface area (Å²) >= 11 is 11.7. The van der Waals surface area contributed by atoms with Crippen LogP contribution < -0.4 is 5.32 Å². The van der Waals surface area contributed by atoms with Crippen LogP contribution in [0.25, 0.3) is 0 Å². The molecule has 8 heteroatoms. The van der Waals surface area contributed by atoms with Crippen LogP contribution in [-0.4, -0.2) is 23.6 Å². The Bertz CT molecular complexity index is 700. The molecular formula is C14H12Cl2N2O4. The maximum atomic E-state index is 11.7. The van der Waals surface area contributed by atoms with Gasteiger partial charge in [0.1, 0.15) is 5.76 Å². The molecule has 0 aliphatic carbocycles. The lowest BCUT2D eigenvalue weighted by Gasteiger charge is -2.06. The zero-order chi connectivity index (χ0) is 16.1. The third kappa shape index (κ3) is 4.75. The van der Waals surface area contributed by atoms with Crippen LogP contribution in [0.2, 0.25) is 10.0 Å². The summed E-state index contributed by atoms with van der Waals surface area (Å²) in [4.78, 5) is 23.3. The first-order chi connectivity index (χ1) is 10.4. The number of carbonyl (C=O) groups is 2. The van der Waals surface area contributed by atoms with Crippen LogP contribution in [0.1, 0.15) is 11.3 Å². The Labute approximate surface area is 136 Å². The fraction of sp³-hybridized carbons (Fsp3) is 0.214. The number of amides is 1. The number of benzene rings is 1. The molecule has 0 aliphatic rings. The molecule has 1 aromatic carbocycles. The van der Waals surface area contributed by atoms with E-state index in [4.69, 9.17) is 32.5 Å². The molecule has 0 radical (unpaired) electrons. The van der Waals surface area contributed by atoms with Gasteiger partial charge in [0.25, 0.3) is 5.91 Å². The third-order valence-corrected chi connectivity index (χ3v) is 3.20. The standard InChI is InChI=1S/C14H12Cl2N2O4/c1-8-4-12(18-22-8)17-13(19)7-21-14(20)5-9-2-3-10(15)6-11(9)16/h2-4,6H,5,7H2,1H3,(H,17,18,19). The van der Waals surface area contributed by atoms with Crippen molar-refractivity contribution in [1.82, 2.24) is 5.16 Å². The van der Waals surface area contributed by atoms with Crippen molar-refractivity contribution in [2.75, 3.05) is 11.9 Å². The summed E-state index contributed by atoms with van der Waals surface area (Å²) in [6.07, 6.45) is -0.0493. The van der Waals surface area contributed by atoms with Crippen molar-refractivity contribution in [3.63, 3.8) is 0 Å². The van der Waals surface area contributed by atoms with E-state index in [9.17, 15) is 9.59 Å². The highest BCUT2D eigenvalue weighted by atomic mass is 35.5. The molecule has 0 unspecified atom stereocenters. The molecule has 2 rings (SSSR count). The average molecular weight is 343 g/mol. The normalized spacial score (nSPS) is 10.3. The van der Waals surface area contributed by atoms with Gasteiger partial charge in [-0.2, -0.15) is 0 Å². The van der Waals surface area contributed by atoms with Crippen molar-refractivity contribution in [2.45, 2.75) is 13.3 Å². The van der Waals surface area contributed by atoms with Gasteiger partial charge in [-0.1, -0.05) is 34.4 Å². The Hall–Kier alpha value is -2.05. The molecule has 0 saturated carbocycles. The van der Waals surface area contributed by atoms with E-state index >= 15 is 0 Å². The summed E-state index contributed by atoms with van der Waals surface area (Å²) in [5.74, 6) is -0.261. The Morgan fingerprint density at radius 1 is 1.32 bits per heavy atom. The lowest BCUT2D eigenvalue weighted by atomic mass is 10.1. The fourth-order valence-corrected chi connectivity index (χ4v) is 2.10. The largest absolute Gasteiger partial charge is 0.455 e. The van der Waals surface area contributed by atoms with Gasteiger partial charge in [-0.3, -0.25) is 9.59 Å². The molecule has 6 nitrogen and oxygen atoms in total. The van der Waals surface area contributed by atoms with Crippen LogP contribution in [0.5, 0.6) is 0 Å². The van der Waals surface area contributed by atoms with Crippen LogP contribution >= 0.6 is 23.2 Å². The maximum Gasteiger partial charge on any atom is 0.310 e. The fourth-order valence-electron chi connectivity index (χ4n) is 1.62. The van der Waals surface area contributed by atoms with Gasteiger partial charge in [-0.15, -0.1) is 0 Å². The maximum absolute atomic E-state index is 11.7. The van der Waals surface area contributed by atoms with Crippen LogP contribution in [0, 0.1) is 6.92 Å². The molecule has 1 heterocycles. The third-order valence-electron chi connectivity index (χ3n) is 2.61. The van der Waals surface area contributed by atoms with Crippen molar-refractivity contribution < 1.29 is 18.8 Å². The van der Waals surface area contributed by atoms with E-state index in [-0.39, 0.29) is 12.2 Å². The van der Waals surface area contributed by atoms with Gasteiger partial charge in [0.15, 0.2) is 12.4 Å². The van der Waals surface area contributed by atoms with Crippen LogP contribution in [-0.2, 0) is 20.7 Å². The van der Waals surface area contributed by atoms with E-state index in [0.29, 0.717) is 21.4 Å². The molecule has 0 spiro atoms. The van der Waals surface area contributed by atoms with Crippen molar-refractivity contribution >= 4 is 40.9 Å². The molecule has 0 aliphatic heterocycles. The number of carbonyl (C=O) groups excluding carboxylic acids is 2. The second kappa shape index (κ2) is 7.29. The number of hydrogen-bond acceptors (Lipinski definition) is 5. The van der Waals surface area contributed by atoms with Gasteiger partial charge in [0, 0.05) is 16.1 Å².